The van der Waals surface area contributed by atoms with Crippen molar-refractivity contribution in [1.82, 2.24) is 5.32 Å². The largest absolute Gasteiger partial charge is 0.369 e. The maximum absolute atomic E-state index is 12.1. The van der Waals surface area contributed by atoms with Crippen LogP contribution in [0.5, 0.6) is 0 Å². The summed E-state index contributed by atoms with van der Waals surface area (Å²) in [6.45, 7) is 3.48. The molecule has 6 heteroatoms. The number of ether oxygens (including phenoxy) is 1. The summed E-state index contributed by atoms with van der Waals surface area (Å²) in [6, 6.07) is 8.87. The molecule has 0 aliphatic carbocycles. The Balaban J connectivity index is 1.94. The van der Waals surface area contributed by atoms with Gasteiger partial charge in [-0.05, 0) is 25.3 Å². The van der Waals surface area contributed by atoms with E-state index in [4.69, 9.17) is 10.5 Å². The minimum Gasteiger partial charge on any atom is -0.369 e. The van der Waals surface area contributed by atoms with Crippen LogP contribution in [0.3, 0.4) is 0 Å². The summed E-state index contributed by atoms with van der Waals surface area (Å²) >= 11 is 0. The molecule has 0 aromatic heterocycles. The second-order valence-corrected chi connectivity index (χ2v) is 6.46. The van der Waals surface area contributed by atoms with Crippen LogP contribution >= 0.6 is 0 Å². The number of hydrogen-bond acceptors (Lipinski definition) is 4. The Morgan fingerprint density at radius 3 is 2.58 bits per heavy atom. The number of primary amides is 1. The first-order chi connectivity index (χ1) is 11.3. The van der Waals surface area contributed by atoms with Crippen molar-refractivity contribution in [3.8, 4) is 0 Å². The SMILES string of the molecule is C[C@@H]1OCC(=O)C1NC(=O)[CH]C[C@@](C)(Cc1ccccc1)C(N)=O. The van der Waals surface area contributed by atoms with E-state index in [9.17, 15) is 14.4 Å². The molecule has 2 rings (SSSR count). The number of carbonyl (C=O) groups excluding carboxylic acids is 3. The molecule has 0 spiro atoms. The molecular weight excluding hydrogens is 308 g/mol. The van der Waals surface area contributed by atoms with Crippen LogP contribution in [0.1, 0.15) is 25.8 Å². The second kappa shape index (κ2) is 7.57. The molecular formula is C18H23N2O4. The summed E-state index contributed by atoms with van der Waals surface area (Å²) < 4.78 is 5.19. The lowest BCUT2D eigenvalue weighted by molar-refractivity contribution is -0.127. The van der Waals surface area contributed by atoms with E-state index in [1.165, 1.54) is 6.42 Å². The predicted molar refractivity (Wildman–Crippen MR) is 88.7 cm³/mol. The highest BCUT2D eigenvalue weighted by Crippen LogP contribution is 2.27. The quantitative estimate of drug-likeness (QED) is 0.771. The number of rotatable bonds is 7. The lowest BCUT2D eigenvalue weighted by Gasteiger charge is -2.26. The fourth-order valence-corrected chi connectivity index (χ4v) is 2.70. The van der Waals surface area contributed by atoms with Gasteiger partial charge in [-0.2, -0.15) is 0 Å². The zero-order valence-electron chi connectivity index (χ0n) is 14.0. The van der Waals surface area contributed by atoms with Crippen molar-refractivity contribution < 1.29 is 19.1 Å². The van der Waals surface area contributed by atoms with Gasteiger partial charge in [-0.1, -0.05) is 37.3 Å². The molecule has 24 heavy (non-hydrogen) atoms. The minimum atomic E-state index is -0.875. The Kier molecular flexibility index (Phi) is 5.72. The van der Waals surface area contributed by atoms with Crippen LogP contribution in [-0.4, -0.2) is 36.4 Å². The summed E-state index contributed by atoms with van der Waals surface area (Å²) in [5.74, 6) is -1.01. The standard InChI is InChI=1S/C18H23N2O4/c1-12-16(14(21)11-24-12)20-15(22)8-9-18(2,17(19)23)10-13-6-4-3-5-7-13/h3-8,12,16H,9-11H2,1-2H3,(H2,19,23)(H,20,22)/t12-,16?,18-/m0/s1. The van der Waals surface area contributed by atoms with Crippen LogP contribution in [0.15, 0.2) is 30.3 Å². The van der Waals surface area contributed by atoms with Gasteiger partial charge in [0.15, 0.2) is 5.78 Å². The van der Waals surface area contributed by atoms with Crippen molar-refractivity contribution in [1.29, 1.82) is 0 Å². The molecule has 0 bridgehead atoms. The third kappa shape index (κ3) is 4.41. The summed E-state index contributed by atoms with van der Waals surface area (Å²) in [5.41, 5.74) is 5.65. The van der Waals surface area contributed by atoms with Crippen LogP contribution in [0.25, 0.3) is 0 Å². The van der Waals surface area contributed by atoms with Crippen LogP contribution in [0.2, 0.25) is 0 Å². The maximum atomic E-state index is 12.1. The summed E-state index contributed by atoms with van der Waals surface area (Å²) in [6.07, 6.45) is 1.67. The third-order valence-corrected chi connectivity index (χ3v) is 4.37. The lowest BCUT2D eigenvalue weighted by atomic mass is 9.79. The van der Waals surface area contributed by atoms with Crippen molar-refractivity contribution in [2.45, 2.75) is 38.8 Å². The number of ketones is 1. The van der Waals surface area contributed by atoms with E-state index in [-0.39, 0.29) is 24.9 Å². The van der Waals surface area contributed by atoms with Gasteiger partial charge in [0.05, 0.1) is 17.9 Å². The molecule has 1 aliphatic rings. The van der Waals surface area contributed by atoms with Gasteiger partial charge in [0.25, 0.3) is 0 Å². The molecule has 1 fully saturated rings. The Bertz CT molecular complexity index is 617. The first-order valence-corrected chi connectivity index (χ1v) is 7.94. The van der Waals surface area contributed by atoms with Crippen molar-refractivity contribution >= 4 is 17.6 Å². The topological polar surface area (TPSA) is 98.5 Å². The average molecular weight is 331 g/mol. The first-order valence-electron chi connectivity index (χ1n) is 7.94. The normalized spacial score (nSPS) is 22.8. The molecule has 6 nitrogen and oxygen atoms in total. The summed E-state index contributed by atoms with van der Waals surface area (Å²) in [4.78, 5) is 35.6. The van der Waals surface area contributed by atoms with Crippen LogP contribution < -0.4 is 11.1 Å². The number of nitrogens with two attached hydrogens (primary N) is 1. The number of carbonyl (C=O) groups is 3. The van der Waals surface area contributed by atoms with Crippen molar-refractivity contribution in [3.63, 3.8) is 0 Å². The maximum Gasteiger partial charge on any atom is 0.224 e. The zero-order chi connectivity index (χ0) is 17.7. The lowest BCUT2D eigenvalue weighted by Crippen LogP contribution is -2.45. The molecule has 1 unspecified atom stereocenters. The van der Waals surface area contributed by atoms with Crippen molar-refractivity contribution in [2.75, 3.05) is 6.61 Å². The number of amides is 2. The monoisotopic (exact) mass is 331 g/mol. The van der Waals surface area contributed by atoms with Gasteiger partial charge in [-0.15, -0.1) is 0 Å². The molecule has 1 saturated heterocycles. The second-order valence-electron chi connectivity index (χ2n) is 6.46. The van der Waals surface area contributed by atoms with Gasteiger partial charge >= 0.3 is 0 Å². The van der Waals surface area contributed by atoms with E-state index in [1.54, 1.807) is 13.8 Å². The Hall–Kier alpha value is -2.21. The molecule has 3 atom stereocenters. The fourth-order valence-electron chi connectivity index (χ4n) is 2.70. The zero-order valence-corrected chi connectivity index (χ0v) is 14.0. The Morgan fingerprint density at radius 1 is 1.38 bits per heavy atom. The molecule has 129 valence electrons. The summed E-state index contributed by atoms with van der Waals surface area (Å²) in [5, 5.41) is 2.63. The average Bonchev–Trinajstić information content (AvgIpc) is 2.86. The van der Waals surface area contributed by atoms with Crippen molar-refractivity contribution in [2.24, 2.45) is 11.1 Å². The van der Waals surface area contributed by atoms with E-state index in [0.29, 0.717) is 6.42 Å². The third-order valence-electron chi connectivity index (χ3n) is 4.37. The van der Waals surface area contributed by atoms with Gasteiger partial charge in [0.1, 0.15) is 12.6 Å². The highest BCUT2D eigenvalue weighted by atomic mass is 16.5. The molecule has 1 heterocycles. The van der Waals surface area contributed by atoms with E-state index < -0.39 is 23.3 Å². The van der Waals surface area contributed by atoms with E-state index in [1.807, 2.05) is 30.3 Å². The predicted octanol–water partition coefficient (Wildman–Crippen LogP) is 0.788. The number of Topliss-reactive ketones (excluding diaryl/α,β-unsaturated/α-hetero) is 1. The van der Waals surface area contributed by atoms with Gasteiger partial charge in [-0.25, -0.2) is 0 Å². The van der Waals surface area contributed by atoms with Gasteiger partial charge in [-0.3, -0.25) is 14.4 Å². The van der Waals surface area contributed by atoms with E-state index in [2.05, 4.69) is 5.32 Å². The fraction of sp³-hybridized carbons (Fsp3) is 0.444. The van der Waals surface area contributed by atoms with E-state index in [0.717, 1.165) is 5.56 Å². The van der Waals surface area contributed by atoms with Gasteiger partial charge < -0.3 is 15.8 Å². The molecule has 0 saturated carbocycles. The molecule has 2 amide bonds. The Morgan fingerprint density at radius 2 is 2.04 bits per heavy atom. The Labute approximate surface area is 141 Å². The number of hydrogen-bond donors (Lipinski definition) is 2. The number of nitrogens with one attached hydrogen (secondary N) is 1. The van der Waals surface area contributed by atoms with Gasteiger partial charge in [0.2, 0.25) is 11.8 Å². The molecule has 1 aliphatic heterocycles. The first kappa shape index (κ1) is 18.1. The number of benzene rings is 1. The molecule has 1 radical (unpaired) electrons. The van der Waals surface area contributed by atoms with Crippen LogP contribution in [0, 0.1) is 11.8 Å². The highest BCUT2D eigenvalue weighted by Gasteiger charge is 2.35. The van der Waals surface area contributed by atoms with Crippen LogP contribution in [-0.2, 0) is 25.5 Å². The van der Waals surface area contributed by atoms with Gasteiger partial charge in [0, 0.05) is 0 Å². The minimum absolute atomic E-state index is 0.0130. The van der Waals surface area contributed by atoms with E-state index >= 15 is 0 Å². The van der Waals surface area contributed by atoms with Crippen LogP contribution in [0.4, 0.5) is 0 Å². The smallest absolute Gasteiger partial charge is 0.224 e. The molecule has 1 aromatic carbocycles. The highest BCUT2D eigenvalue weighted by molar-refractivity contribution is 5.94. The van der Waals surface area contributed by atoms with Crippen molar-refractivity contribution in [3.05, 3.63) is 42.3 Å². The molecule has 3 N–H and O–H groups in total. The summed E-state index contributed by atoms with van der Waals surface area (Å²) in [7, 11) is 0. The molecule has 1 aromatic rings.